The second-order valence-electron chi connectivity index (χ2n) is 10.5. The van der Waals surface area contributed by atoms with Gasteiger partial charge in [-0.1, -0.05) is 121 Å². The molecule has 4 aromatic rings. The van der Waals surface area contributed by atoms with Crippen molar-refractivity contribution in [3.8, 4) is 0 Å². The predicted octanol–water partition coefficient (Wildman–Crippen LogP) is -2.78. The van der Waals surface area contributed by atoms with E-state index in [2.05, 4.69) is 0 Å². The molecule has 49 heavy (non-hydrogen) atoms. The number of aliphatic carboxylic acids is 4. The summed E-state index contributed by atoms with van der Waals surface area (Å²) in [6, 6.07) is 33.3. The molecule has 13 heteroatoms. The molecule has 4 aromatic carbocycles. The van der Waals surface area contributed by atoms with Crippen molar-refractivity contribution in [2.45, 2.75) is 49.9 Å². The molecule has 0 amide bonds. The number of carbonyl (C=O) groups excluding carboxylic acids is 4. The molecule has 4 unspecified atom stereocenters. The maximum absolute atomic E-state index is 10.3. The van der Waals surface area contributed by atoms with Gasteiger partial charge in [0.05, 0.1) is 23.9 Å². The molecule has 4 atom stereocenters. The molecule has 0 aromatic heterocycles. The van der Waals surface area contributed by atoms with E-state index in [1.54, 1.807) is 0 Å². The molecule has 0 radical (unpaired) electrons. The number of carboxylic acid groups (broad SMARTS) is 4. The molecule has 0 aliphatic rings. The van der Waals surface area contributed by atoms with E-state index in [-0.39, 0.29) is 26.2 Å². The largest absolute Gasteiger partial charge is 4.00 e. The Labute approximate surface area is 304 Å². The molecular formula is C36H40N4O8Zr. The summed E-state index contributed by atoms with van der Waals surface area (Å²) in [5.41, 5.74) is 24.8. The van der Waals surface area contributed by atoms with Crippen molar-refractivity contribution in [2.24, 2.45) is 22.9 Å². The summed E-state index contributed by atoms with van der Waals surface area (Å²) in [7, 11) is 0. The van der Waals surface area contributed by atoms with Crippen LogP contribution >= 0.6 is 0 Å². The van der Waals surface area contributed by atoms with Crippen LogP contribution in [-0.4, -0.2) is 48.0 Å². The van der Waals surface area contributed by atoms with Crippen LogP contribution in [0.2, 0.25) is 0 Å². The van der Waals surface area contributed by atoms with E-state index < -0.39 is 48.0 Å². The first-order valence-corrected chi connectivity index (χ1v) is 14.8. The topological polar surface area (TPSA) is 265 Å². The molecule has 0 saturated carbocycles. The summed E-state index contributed by atoms with van der Waals surface area (Å²) in [5.74, 6) is -4.84. The van der Waals surface area contributed by atoms with Crippen molar-refractivity contribution < 1.29 is 65.8 Å². The third kappa shape index (κ3) is 21.1. The quantitative estimate of drug-likeness (QED) is 0.115. The van der Waals surface area contributed by atoms with Gasteiger partial charge in [-0.3, -0.25) is 0 Å². The predicted molar refractivity (Wildman–Crippen MR) is 173 cm³/mol. The summed E-state index contributed by atoms with van der Waals surface area (Å²) >= 11 is 0. The average molecular weight is 748 g/mol. The molecule has 8 N–H and O–H groups in total. The normalized spacial score (nSPS) is 12.2. The molecule has 256 valence electrons. The van der Waals surface area contributed by atoms with Gasteiger partial charge in [-0.2, -0.15) is 0 Å². The van der Waals surface area contributed by atoms with Crippen LogP contribution in [0.1, 0.15) is 22.3 Å². The Morgan fingerprint density at radius 2 is 0.510 bits per heavy atom. The number of carboxylic acids is 4. The molecule has 0 fully saturated rings. The first-order chi connectivity index (χ1) is 22.8. The van der Waals surface area contributed by atoms with Crippen molar-refractivity contribution >= 4 is 23.9 Å². The van der Waals surface area contributed by atoms with Gasteiger partial charge in [-0.25, -0.2) is 0 Å². The summed E-state index contributed by atoms with van der Waals surface area (Å²) in [5, 5.41) is 41.1. The Bertz CT molecular complexity index is 1270. The van der Waals surface area contributed by atoms with E-state index in [1.165, 1.54) is 0 Å². The summed E-state index contributed by atoms with van der Waals surface area (Å²) in [4.78, 5) is 41.1. The van der Waals surface area contributed by atoms with E-state index >= 15 is 0 Å². The zero-order valence-corrected chi connectivity index (χ0v) is 29.2. The SMILES string of the molecule is NC(Cc1ccccc1)C(=O)[O-].NC(Cc1ccccc1)C(=O)[O-].NC(Cc1ccccc1)C(=O)[O-].NC(Cc1ccccc1)C(=O)[O-].[Zr+4]. The van der Waals surface area contributed by atoms with E-state index in [9.17, 15) is 39.6 Å². The zero-order valence-electron chi connectivity index (χ0n) is 26.8. The van der Waals surface area contributed by atoms with E-state index in [1.807, 2.05) is 121 Å². The van der Waals surface area contributed by atoms with Crippen molar-refractivity contribution in [3.05, 3.63) is 144 Å². The molecule has 0 aliphatic carbocycles. The fourth-order valence-corrected chi connectivity index (χ4v) is 3.81. The van der Waals surface area contributed by atoms with Crippen LogP contribution < -0.4 is 43.4 Å². The number of hydrogen-bond acceptors (Lipinski definition) is 12. The van der Waals surface area contributed by atoms with Gasteiger partial charge in [-0.05, 0) is 47.9 Å². The Balaban J connectivity index is 0.000000623. The van der Waals surface area contributed by atoms with Crippen molar-refractivity contribution in [1.29, 1.82) is 0 Å². The van der Waals surface area contributed by atoms with Crippen molar-refractivity contribution in [3.63, 3.8) is 0 Å². The fraction of sp³-hybridized carbons (Fsp3) is 0.222. The Kier molecular flexibility index (Phi) is 23.1. The monoisotopic (exact) mass is 746 g/mol. The minimum atomic E-state index is -1.21. The first-order valence-electron chi connectivity index (χ1n) is 14.8. The second kappa shape index (κ2) is 25.5. The van der Waals surface area contributed by atoms with Gasteiger partial charge in [-0.15, -0.1) is 0 Å². The summed E-state index contributed by atoms with van der Waals surface area (Å²) in [6.07, 6.45) is 1.29. The van der Waals surface area contributed by atoms with Crippen LogP contribution in [0.15, 0.2) is 121 Å². The zero-order chi connectivity index (χ0) is 35.9. The van der Waals surface area contributed by atoms with Crippen molar-refractivity contribution in [1.82, 2.24) is 0 Å². The van der Waals surface area contributed by atoms with Crippen LogP contribution in [0.3, 0.4) is 0 Å². The molecule has 0 heterocycles. The molecule has 0 aliphatic heterocycles. The maximum Gasteiger partial charge on any atom is 4.00 e. The van der Waals surface area contributed by atoms with Gasteiger partial charge >= 0.3 is 26.2 Å². The van der Waals surface area contributed by atoms with Gasteiger partial charge in [0.1, 0.15) is 0 Å². The van der Waals surface area contributed by atoms with Crippen LogP contribution in [0.4, 0.5) is 0 Å². The Morgan fingerprint density at radius 3 is 0.633 bits per heavy atom. The number of rotatable bonds is 12. The molecule has 12 nitrogen and oxygen atoms in total. The van der Waals surface area contributed by atoms with Crippen LogP contribution in [0.25, 0.3) is 0 Å². The van der Waals surface area contributed by atoms with Gasteiger partial charge in [0.15, 0.2) is 0 Å². The molecule has 0 bridgehead atoms. The third-order valence-corrected chi connectivity index (χ3v) is 6.40. The molecular weight excluding hydrogens is 708 g/mol. The van der Waals surface area contributed by atoms with Crippen molar-refractivity contribution in [2.75, 3.05) is 0 Å². The molecule has 4 rings (SSSR count). The average Bonchev–Trinajstić information content (AvgIpc) is 3.07. The van der Waals surface area contributed by atoms with Gasteiger partial charge < -0.3 is 62.5 Å². The standard InChI is InChI=1S/4C9H11NO2.Zr/c4*10-8(9(11)12)6-7-4-2-1-3-5-7;/h4*1-5,8H,6,10H2,(H,11,12);/q;;;;+4/p-4. The molecule has 0 spiro atoms. The summed E-state index contributed by atoms with van der Waals surface area (Å²) < 4.78 is 0. The number of hydrogen-bond donors (Lipinski definition) is 4. The van der Waals surface area contributed by atoms with Gasteiger partial charge in [0.25, 0.3) is 0 Å². The third-order valence-electron chi connectivity index (χ3n) is 6.40. The van der Waals surface area contributed by atoms with E-state index in [0.717, 1.165) is 22.3 Å². The van der Waals surface area contributed by atoms with Crippen LogP contribution in [0.5, 0.6) is 0 Å². The Morgan fingerprint density at radius 1 is 0.367 bits per heavy atom. The second-order valence-corrected chi connectivity index (χ2v) is 10.5. The number of benzene rings is 4. The minimum Gasteiger partial charge on any atom is -0.548 e. The number of nitrogens with two attached hydrogens (primary N) is 4. The smallest absolute Gasteiger partial charge is 0.548 e. The van der Waals surface area contributed by atoms with E-state index in [4.69, 9.17) is 22.9 Å². The summed E-state index contributed by atoms with van der Waals surface area (Å²) in [6.45, 7) is 0. The fourth-order valence-electron chi connectivity index (χ4n) is 3.81. The maximum atomic E-state index is 10.3. The van der Waals surface area contributed by atoms with Crippen LogP contribution in [-0.2, 0) is 71.1 Å². The Hall–Kier alpha value is -4.52. The van der Waals surface area contributed by atoms with E-state index in [0.29, 0.717) is 25.7 Å². The van der Waals surface area contributed by atoms with Gasteiger partial charge in [0, 0.05) is 24.2 Å². The number of carbonyl (C=O) groups is 4. The van der Waals surface area contributed by atoms with Gasteiger partial charge in [0.2, 0.25) is 0 Å². The minimum absolute atomic E-state index is 0. The first kappa shape index (κ1) is 44.5. The molecule has 0 saturated heterocycles. The van der Waals surface area contributed by atoms with Crippen LogP contribution in [0, 0.1) is 0 Å².